The molecule has 0 aromatic heterocycles. The number of rotatable bonds is 6. The fourth-order valence-electron chi connectivity index (χ4n) is 4.49. The zero-order valence-corrected chi connectivity index (χ0v) is 23.6. The third kappa shape index (κ3) is 6.28. The van der Waals surface area contributed by atoms with Gasteiger partial charge >= 0.3 is 0 Å². The first-order valence-electron chi connectivity index (χ1n) is 12.0. The number of benzene rings is 3. The fourth-order valence-corrected chi connectivity index (χ4v) is 6.73. The van der Waals surface area contributed by atoms with E-state index in [1.807, 2.05) is 42.5 Å². The van der Waals surface area contributed by atoms with Crippen LogP contribution < -0.4 is 9.86 Å². The average molecular weight is 607 g/mol. The number of hydrogen-bond donors (Lipinski definition) is 2. The topological polar surface area (TPSA) is 134 Å². The number of nitrogens with two attached hydrogens (primary N) is 1. The fraction of sp³-hybridized carbons (Fsp3) is 0.231. The minimum atomic E-state index is -4.07. The summed E-state index contributed by atoms with van der Waals surface area (Å²) in [5.41, 5.74) is 2.53. The van der Waals surface area contributed by atoms with Crippen molar-refractivity contribution in [3.05, 3.63) is 100 Å². The van der Waals surface area contributed by atoms with Gasteiger partial charge in [0.15, 0.2) is 0 Å². The van der Waals surface area contributed by atoms with Gasteiger partial charge in [0.2, 0.25) is 16.0 Å². The SMILES string of the molecule is NS(=O)(=O)C1CC(/N=C(\NS(=O)(=O)c2ccc(Cl)cc2)N2C[C@@H](c3ccccc3)C(c3ccc(Cl)cc3)=N2)C1. The number of nitrogens with zero attached hydrogens (tertiary/aromatic N) is 3. The first kappa shape index (κ1) is 27.6. The number of sulfonamides is 2. The van der Waals surface area contributed by atoms with Crippen LogP contribution in [0.5, 0.6) is 0 Å². The maximum absolute atomic E-state index is 13.3. The monoisotopic (exact) mass is 605 g/mol. The van der Waals surface area contributed by atoms with Crippen LogP contribution in [-0.4, -0.2) is 51.4 Å². The van der Waals surface area contributed by atoms with E-state index >= 15 is 0 Å². The second-order valence-corrected chi connectivity index (χ2v) is 13.8. The summed E-state index contributed by atoms with van der Waals surface area (Å²) in [5.74, 6) is -0.205. The molecule has 3 N–H and O–H groups in total. The predicted molar refractivity (Wildman–Crippen MR) is 153 cm³/mol. The molecule has 204 valence electrons. The molecule has 1 fully saturated rings. The van der Waals surface area contributed by atoms with Gasteiger partial charge in [0.05, 0.1) is 28.4 Å². The molecule has 9 nitrogen and oxygen atoms in total. The lowest BCUT2D eigenvalue weighted by Gasteiger charge is -2.32. The number of hydrogen-bond acceptors (Lipinski definition) is 6. The first-order chi connectivity index (χ1) is 18.5. The molecule has 3 aromatic carbocycles. The molecular weight excluding hydrogens is 581 g/mol. The molecule has 2 aliphatic rings. The zero-order valence-electron chi connectivity index (χ0n) is 20.5. The molecule has 0 unspecified atom stereocenters. The van der Waals surface area contributed by atoms with Gasteiger partial charge in [0.1, 0.15) is 0 Å². The van der Waals surface area contributed by atoms with Gasteiger partial charge in [-0.3, -0.25) is 0 Å². The minimum Gasteiger partial charge on any atom is -0.248 e. The van der Waals surface area contributed by atoms with E-state index in [-0.39, 0.29) is 29.6 Å². The quantitative estimate of drug-likeness (QED) is 0.324. The molecule has 1 saturated carbocycles. The summed E-state index contributed by atoms with van der Waals surface area (Å²) in [6.45, 7) is 0.301. The Kier molecular flexibility index (Phi) is 7.71. The van der Waals surface area contributed by atoms with Crippen LogP contribution in [0.15, 0.2) is 93.9 Å². The van der Waals surface area contributed by atoms with Gasteiger partial charge in [0.25, 0.3) is 10.0 Å². The van der Waals surface area contributed by atoms with Crippen molar-refractivity contribution in [1.29, 1.82) is 0 Å². The largest absolute Gasteiger partial charge is 0.264 e. The highest BCUT2D eigenvalue weighted by Gasteiger charge is 2.39. The van der Waals surface area contributed by atoms with Crippen LogP contribution in [0.25, 0.3) is 0 Å². The van der Waals surface area contributed by atoms with Crippen LogP contribution in [0, 0.1) is 0 Å². The number of guanidine groups is 1. The van der Waals surface area contributed by atoms with Crippen molar-refractivity contribution in [2.75, 3.05) is 6.54 Å². The highest BCUT2D eigenvalue weighted by molar-refractivity contribution is 7.90. The molecule has 3 aromatic rings. The summed E-state index contributed by atoms with van der Waals surface area (Å²) >= 11 is 12.1. The second-order valence-electron chi connectivity index (χ2n) is 9.39. The predicted octanol–water partition coefficient (Wildman–Crippen LogP) is 3.95. The van der Waals surface area contributed by atoms with Crippen LogP contribution >= 0.6 is 23.2 Å². The normalized spacial score (nSPS) is 21.8. The van der Waals surface area contributed by atoms with Crippen LogP contribution in [0.4, 0.5) is 0 Å². The third-order valence-corrected chi connectivity index (χ3v) is 9.85. The van der Waals surface area contributed by atoms with Gasteiger partial charge in [-0.1, -0.05) is 65.7 Å². The van der Waals surface area contributed by atoms with Gasteiger partial charge in [0, 0.05) is 16.0 Å². The zero-order chi connectivity index (χ0) is 27.8. The van der Waals surface area contributed by atoms with Gasteiger partial charge in [-0.05, 0) is 60.4 Å². The Hall–Kier alpha value is -2.96. The standard InChI is InChI=1S/C26H25Cl2N5O4S2/c27-19-8-6-18(7-9-19)25-24(17-4-2-1-3-5-17)16-33(31-25)26(30-21-14-23(15-21)38(29,34)35)32-39(36,37)22-12-10-20(28)11-13-22/h1-13,21,23-24H,14-16H2,(H,30,32)(H2,29,34,35)/t21?,23?,24-/m0/s1. The summed E-state index contributed by atoms with van der Waals surface area (Å²) in [6, 6.07) is 22.3. The molecule has 5 rings (SSSR count). The van der Waals surface area contributed by atoms with Crippen LogP contribution in [0.3, 0.4) is 0 Å². The molecule has 1 heterocycles. The third-order valence-electron chi connectivity index (χ3n) is 6.69. The van der Waals surface area contributed by atoms with E-state index in [2.05, 4.69) is 9.71 Å². The summed E-state index contributed by atoms with van der Waals surface area (Å²) in [6.07, 6.45) is 0.378. The minimum absolute atomic E-state index is 0.00340. The van der Waals surface area contributed by atoms with Gasteiger partial charge in [-0.2, -0.15) is 5.10 Å². The Morgan fingerprint density at radius 2 is 1.49 bits per heavy atom. The number of nitrogens with one attached hydrogen (secondary N) is 1. The highest BCUT2D eigenvalue weighted by Crippen LogP contribution is 2.32. The molecule has 0 bridgehead atoms. The van der Waals surface area contributed by atoms with E-state index in [0.29, 0.717) is 22.3 Å². The Morgan fingerprint density at radius 1 is 0.897 bits per heavy atom. The van der Waals surface area contributed by atoms with E-state index in [4.69, 9.17) is 33.4 Å². The first-order valence-corrected chi connectivity index (χ1v) is 15.9. The lowest BCUT2D eigenvalue weighted by molar-refractivity contribution is 0.395. The van der Waals surface area contributed by atoms with Crippen molar-refractivity contribution in [3.8, 4) is 0 Å². The molecule has 0 radical (unpaired) electrons. The maximum atomic E-state index is 13.3. The van der Waals surface area contributed by atoms with Crippen molar-refractivity contribution >= 4 is 54.9 Å². The number of primary sulfonamides is 1. The van der Waals surface area contributed by atoms with E-state index in [9.17, 15) is 16.8 Å². The van der Waals surface area contributed by atoms with Crippen LogP contribution in [0.1, 0.15) is 29.9 Å². The Bertz CT molecular complexity index is 1620. The highest BCUT2D eigenvalue weighted by atomic mass is 35.5. The van der Waals surface area contributed by atoms with Crippen molar-refractivity contribution < 1.29 is 16.8 Å². The lowest BCUT2D eigenvalue weighted by Crippen LogP contribution is -2.46. The van der Waals surface area contributed by atoms with Crippen LogP contribution in [0.2, 0.25) is 10.0 Å². The molecule has 1 atom stereocenters. The van der Waals surface area contributed by atoms with E-state index in [1.165, 1.54) is 29.3 Å². The van der Waals surface area contributed by atoms with Crippen molar-refractivity contribution in [2.45, 2.75) is 34.9 Å². The summed E-state index contributed by atoms with van der Waals surface area (Å²) < 4.78 is 52.7. The van der Waals surface area contributed by atoms with Gasteiger partial charge < -0.3 is 0 Å². The molecule has 0 spiro atoms. The smallest absolute Gasteiger partial charge is 0.248 e. The molecule has 0 amide bonds. The van der Waals surface area contributed by atoms with Crippen LogP contribution in [-0.2, 0) is 20.0 Å². The second kappa shape index (κ2) is 10.9. The van der Waals surface area contributed by atoms with Gasteiger partial charge in [-0.15, -0.1) is 0 Å². The summed E-state index contributed by atoms with van der Waals surface area (Å²) in [4.78, 5) is 4.60. The number of hydrazone groups is 1. The molecule has 1 aliphatic heterocycles. The Morgan fingerprint density at radius 3 is 2.08 bits per heavy atom. The van der Waals surface area contributed by atoms with Crippen molar-refractivity contribution in [2.24, 2.45) is 15.2 Å². The molecule has 1 aliphatic carbocycles. The van der Waals surface area contributed by atoms with Crippen molar-refractivity contribution in [1.82, 2.24) is 9.73 Å². The average Bonchev–Trinajstić information content (AvgIpc) is 3.31. The van der Waals surface area contributed by atoms with E-state index in [0.717, 1.165) is 11.1 Å². The van der Waals surface area contributed by atoms with E-state index in [1.54, 1.807) is 12.1 Å². The summed E-state index contributed by atoms with van der Waals surface area (Å²) in [5, 5.41) is 11.9. The molecule has 0 saturated heterocycles. The number of aliphatic imine (C=N–C) groups is 1. The Balaban J connectivity index is 1.53. The van der Waals surface area contributed by atoms with Crippen molar-refractivity contribution in [3.63, 3.8) is 0 Å². The summed E-state index contributed by atoms with van der Waals surface area (Å²) in [7, 11) is -7.77. The molecule has 13 heteroatoms. The lowest BCUT2D eigenvalue weighted by atomic mass is 9.91. The van der Waals surface area contributed by atoms with E-state index < -0.39 is 31.3 Å². The molecule has 39 heavy (non-hydrogen) atoms. The van der Waals surface area contributed by atoms with Gasteiger partial charge in [-0.25, -0.2) is 36.7 Å². The Labute approximate surface area is 237 Å². The maximum Gasteiger partial charge on any atom is 0.264 e. The number of halogens is 2. The molecular formula is C26H25Cl2N5O4S2.